The van der Waals surface area contributed by atoms with Crippen molar-refractivity contribution in [3.05, 3.63) is 91.0 Å². The van der Waals surface area contributed by atoms with E-state index < -0.39 is 37.3 Å². The summed E-state index contributed by atoms with van der Waals surface area (Å²) in [6, 6.07) is 29.0. The summed E-state index contributed by atoms with van der Waals surface area (Å²) in [5.74, 6) is 1.07. The van der Waals surface area contributed by atoms with E-state index >= 15 is 0 Å². The second-order valence-electron chi connectivity index (χ2n) is 15.8. The van der Waals surface area contributed by atoms with Gasteiger partial charge in [0.2, 0.25) is 0 Å². The number of esters is 1. The number of carbonyl (C=O) groups is 4. The summed E-state index contributed by atoms with van der Waals surface area (Å²) in [5, 5.41) is 16.7. The third kappa shape index (κ3) is 33.8. The first kappa shape index (κ1) is 58.6. The van der Waals surface area contributed by atoms with E-state index in [2.05, 4.69) is 35.6 Å². The van der Waals surface area contributed by atoms with Crippen LogP contribution >= 0.6 is 0 Å². The maximum Gasteiger partial charge on any atom is 0.412 e. The van der Waals surface area contributed by atoms with Crippen molar-refractivity contribution in [2.24, 2.45) is 5.73 Å². The van der Waals surface area contributed by atoms with E-state index in [1.807, 2.05) is 31.3 Å². The molecule has 3 aromatic carbocycles. The number of urea groups is 1. The molecule has 0 radical (unpaired) electrons. The van der Waals surface area contributed by atoms with E-state index in [4.69, 9.17) is 38.0 Å². The zero-order chi connectivity index (χ0) is 47.4. The second-order valence-corrected chi connectivity index (χ2v) is 28.6. The average Bonchev–Trinajstić information content (AvgIpc) is 3.27. The van der Waals surface area contributed by atoms with Crippen LogP contribution in [0.15, 0.2) is 91.0 Å². The SMILES string of the molecule is CO[Si](C)(CCCN)OC.CO[Si](C)(CCCNC(=O)NCCC(=O)CCCC[Si](C)(C)C)OC.O=C(CCNC(=O)Oc1ccccc1)Oc1ccccc1.Oc1ccccc1. The highest BCUT2D eigenvalue weighted by Crippen LogP contribution is 2.15. The highest BCUT2D eigenvalue weighted by Gasteiger charge is 2.28. The smallest absolute Gasteiger partial charge is 0.412 e. The van der Waals surface area contributed by atoms with Crippen molar-refractivity contribution in [3.63, 3.8) is 0 Å². The van der Waals surface area contributed by atoms with Gasteiger partial charge in [0, 0.05) is 69.0 Å². The van der Waals surface area contributed by atoms with E-state index in [9.17, 15) is 19.2 Å². The maximum atomic E-state index is 11.8. The molecule has 0 aromatic heterocycles. The van der Waals surface area contributed by atoms with Gasteiger partial charge in [-0.1, -0.05) is 86.7 Å². The van der Waals surface area contributed by atoms with Crippen LogP contribution in [0.1, 0.15) is 44.9 Å². The predicted octanol–water partition coefficient (Wildman–Crippen LogP) is 8.37. The standard InChI is InChI=1S/C17H38N2O4Si2.C16H15NO4.C6H17NO2Si.C6H6O/c1-22-25(6,23-2)15-9-12-18-17(21)19-13-11-16(20)10-7-8-14-24(3,4)5;18-15(20-13-7-3-1-4-8-13)11-12-17-16(19)21-14-9-5-2-6-10-14;1-8-10(3,9-2)6-4-5-7;7-6-4-2-1-3-5-6/h7-15H2,1-6H3,(H2,18,19,21);1-10H,11-12H2,(H,17,19);4-7H2,1-3H3;1-5,7H. The van der Waals surface area contributed by atoms with Gasteiger partial charge < -0.3 is 54.0 Å². The number of unbranched alkanes of at least 4 members (excludes halogenated alkanes) is 1. The number of ketones is 1. The molecule has 63 heavy (non-hydrogen) atoms. The molecule has 0 atom stereocenters. The molecule has 0 aliphatic heterocycles. The van der Waals surface area contributed by atoms with E-state index in [1.165, 1.54) is 6.04 Å². The number of amides is 3. The van der Waals surface area contributed by atoms with Crippen LogP contribution < -0.4 is 31.2 Å². The van der Waals surface area contributed by atoms with Crippen LogP contribution in [0.4, 0.5) is 9.59 Å². The Morgan fingerprint density at radius 1 is 0.540 bits per heavy atom. The lowest BCUT2D eigenvalue weighted by Gasteiger charge is -2.22. The molecule has 0 unspecified atom stereocenters. The predicted molar refractivity (Wildman–Crippen MR) is 257 cm³/mol. The van der Waals surface area contributed by atoms with Gasteiger partial charge in [0.25, 0.3) is 0 Å². The Bertz CT molecular complexity index is 1580. The Morgan fingerprint density at radius 3 is 1.46 bits per heavy atom. The number of nitrogens with two attached hydrogens (primary N) is 1. The number of ether oxygens (including phenoxy) is 2. The molecule has 0 aliphatic carbocycles. The molecule has 0 saturated heterocycles. The fourth-order valence-corrected chi connectivity index (χ4v) is 9.21. The van der Waals surface area contributed by atoms with E-state index in [0.29, 0.717) is 43.2 Å². The highest BCUT2D eigenvalue weighted by molar-refractivity contribution is 6.76. The molecular weight excluding hydrogens is 857 g/mol. The molecule has 18 heteroatoms. The van der Waals surface area contributed by atoms with Crippen LogP contribution in [0, 0.1) is 0 Å². The summed E-state index contributed by atoms with van der Waals surface area (Å²) in [5.41, 5.74) is 5.36. The van der Waals surface area contributed by atoms with Crippen molar-refractivity contribution in [2.75, 3.05) is 54.6 Å². The number of phenolic OH excluding ortho intramolecular Hbond substituents is 1. The third-order valence-corrected chi connectivity index (χ3v) is 17.1. The lowest BCUT2D eigenvalue weighted by molar-refractivity contribution is -0.134. The minimum atomic E-state index is -2.05. The van der Waals surface area contributed by atoms with Gasteiger partial charge in [-0.05, 0) is 87.4 Å². The van der Waals surface area contributed by atoms with Gasteiger partial charge in [-0.2, -0.15) is 0 Å². The monoisotopic (exact) mass is 932 g/mol. The molecule has 6 N–H and O–H groups in total. The van der Waals surface area contributed by atoms with Crippen molar-refractivity contribution in [1.82, 2.24) is 16.0 Å². The summed E-state index contributed by atoms with van der Waals surface area (Å²) in [6.07, 6.45) is 4.42. The van der Waals surface area contributed by atoms with Crippen molar-refractivity contribution in [3.8, 4) is 17.2 Å². The van der Waals surface area contributed by atoms with Crippen molar-refractivity contribution in [1.29, 1.82) is 0 Å². The summed E-state index contributed by atoms with van der Waals surface area (Å²) in [4.78, 5) is 46.5. The molecule has 0 aliphatic rings. The van der Waals surface area contributed by atoms with Crippen LogP contribution in [-0.4, -0.2) is 109 Å². The summed E-state index contributed by atoms with van der Waals surface area (Å²) in [6.45, 7) is 12.9. The van der Waals surface area contributed by atoms with Gasteiger partial charge >= 0.3 is 35.2 Å². The zero-order valence-corrected chi connectivity index (χ0v) is 42.2. The summed E-state index contributed by atoms with van der Waals surface area (Å²) < 4.78 is 31.4. The second kappa shape index (κ2) is 35.0. The number of Topliss-reactive ketones (excluding diaryl/α,β-unsaturated/α-hetero) is 1. The Kier molecular flexibility index (Phi) is 32.6. The van der Waals surface area contributed by atoms with Gasteiger partial charge in [-0.3, -0.25) is 9.59 Å². The number of hydrogen-bond acceptors (Lipinski definition) is 12. The molecule has 0 heterocycles. The van der Waals surface area contributed by atoms with Crippen LogP contribution in [0.2, 0.25) is 50.9 Å². The van der Waals surface area contributed by atoms with Gasteiger partial charge in [-0.25, -0.2) is 9.59 Å². The van der Waals surface area contributed by atoms with Gasteiger partial charge in [0.1, 0.15) is 23.0 Å². The zero-order valence-electron chi connectivity index (χ0n) is 39.2. The molecule has 15 nitrogen and oxygen atoms in total. The number of hydrogen-bond donors (Lipinski definition) is 5. The number of carbonyl (C=O) groups excluding carboxylic acids is 4. The molecular formula is C45H76N4O11Si3. The lowest BCUT2D eigenvalue weighted by atomic mass is 10.1. The maximum absolute atomic E-state index is 11.8. The van der Waals surface area contributed by atoms with E-state index in [0.717, 1.165) is 44.3 Å². The molecule has 3 rings (SSSR count). The minimum absolute atomic E-state index is 0.0682. The van der Waals surface area contributed by atoms with Crippen LogP contribution in [-0.2, 0) is 27.3 Å². The number of phenols is 1. The topological polar surface area (TPSA) is 206 Å². The van der Waals surface area contributed by atoms with Gasteiger partial charge in [0.15, 0.2) is 0 Å². The molecule has 0 fully saturated rings. The molecule has 0 bridgehead atoms. The molecule has 3 amide bonds. The quantitative estimate of drug-likeness (QED) is 0.0249. The number of rotatable bonds is 24. The number of para-hydroxylation sites is 3. The van der Waals surface area contributed by atoms with Crippen LogP contribution in [0.5, 0.6) is 17.2 Å². The summed E-state index contributed by atoms with van der Waals surface area (Å²) >= 11 is 0. The first-order valence-corrected chi connectivity index (χ1v) is 30.1. The van der Waals surface area contributed by atoms with Gasteiger partial charge in [0.05, 0.1) is 6.42 Å². The molecule has 354 valence electrons. The van der Waals surface area contributed by atoms with Crippen molar-refractivity contribution >= 4 is 49.1 Å². The Morgan fingerprint density at radius 2 is 1.00 bits per heavy atom. The molecule has 0 saturated carbocycles. The summed E-state index contributed by atoms with van der Waals surface area (Å²) in [7, 11) is 1.89. The highest BCUT2D eigenvalue weighted by atomic mass is 28.4. The molecule has 3 aromatic rings. The normalized spacial score (nSPS) is 10.9. The lowest BCUT2D eigenvalue weighted by Crippen LogP contribution is -2.39. The van der Waals surface area contributed by atoms with Crippen LogP contribution in [0.25, 0.3) is 0 Å². The minimum Gasteiger partial charge on any atom is -0.508 e. The average molecular weight is 933 g/mol. The Balaban J connectivity index is 0.000000899. The largest absolute Gasteiger partial charge is 0.508 e. The van der Waals surface area contributed by atoms with Crippen molar-refractivity contribution < 1.29 is 51.5 Å². The molecule has 0 spiro atoms. The van der Waals surface area contributed by atoms with Crippen molar-refractivity contribution in [2.45, 2.75) is 95.8 Å². The fraction of sp³-hybridized carbons (Fsp3) is 0.511. The fourth-order valence-electron chi connectivity index (χ4n) is 5.09. The Hall–Kier alpha value is -4.41. The Labute approximate surface area is 379 Å². The first-order valence-electron chi connectivity index (χ1n) is 21.4. The first-order chi connectivity index (χ1) is 29.9. The third-order valence-electron chi connectivity index (χ3n) is 9.26. The van der Waals surface area contributed by atoms with Crippen LogP contribution in [0.3, 0.4) is 0 Å². The number of aromatic hydroxyl groups is 1. The van der Waals surface area contributed by atoms with Gasteiger partial charge in [-0.15, -0.1) is 0 Å². The van der Waals surface area contributed by atoms with E-state index in [-0.39, 0.29) is 24.8 Å². The van der Waals surface area contributed by atoms with E-state index in [1.54, 1.807) is 101 Å². The number of nitrogens with one attached hydrogen (secondary N) is 3. The number of benzene rings is 3.